The highest BCUT2D eigenvalue weighted by molar-refractivity contribution is 6.18. The Kier molecular flexibility index (Phi) is 6.50. The number of fused-ring (bicyclic) bond motifs is 5. The van der Waals surface area contributed by atoms with Crippen LogP contribution in [0.3, 0.4) is 0 Å². The second-order valence-corrected chi connectivity index (χ2v) is 11.7. The first-order valence-corrected chi connectivity index (χ1v) is 15.9. The number of benzene rings is 7. The molecule has 2 aliphatic carbocycles. The van der Waals surface area contributed by atoms with E-state index in [4.69, 9.17) is 0 Å². The number of rotatable bonds is 3. The van der Waals surface area contributed by atoms with Crippen LogP contribution in [-0.2, 0) is 0 Å². The topological polar surface area (TPSA) is 0 Å². The maximum absolute atomic E-state index is 2.46. The molecule has 0 heterocycles. The molecule has 210 valence electrons. The van der Waals surface area contributed by atoms with Crippen LogP contribution in [0.5, 0.6) is 0 Å². The van der Waals surface area contributed by atoms with Crippen molar-refractivity contribution < 1.29 is 0 Å². The Morgan fingerprint density at radius 1 is 0.455 bits per heavy atom. The van der Waals surface area contributed by atoms with Crippen molar-refractivity contribution in [2.24, 2.45) is 0 Å². The predicted molar refractivity (Wildman–Crippen MR) is 190 cm³/mol. The van der Waals surface area contributed by atoms with Gasteiger partial charge in [0.25, 0.3) is 0 Å². The highest BCUT2D eigenvalue weighted by Crippen LogP contribution is 2.49. The lowest BCUT2D eigenvalue weighted by Gasteiger charge is -2.17. The van der Waals surface area contributed by atoms with Crippen LogP contribution in [0, 0.1) is 0 Å². The van der Waals surface area contributed by atoms with E-state index >= 15 is 0 Å². The molecule has 0 fully saturated rings. The first-order valence-electron chi connectivity index (χ1n) is 15.9. The molecule has 0 heteroatoms. The summed E-state index contributed by atoms with van der Waals surface area (Å²) in [5.41, 5.74) is 11.9. The molecular weight excluding hydrogens is 528 g/mol. The summed E-state index contributed by atoms with van der Waals surface area (Å²) in [6, 6.07) is 51.7. The van der Waals surface area contributed by atoms with Gasteiger partial charge in [0.05, 0.1) is 0 Å². The number of hydrogen-bond donors (Lipinski definition) is 0. The third-order valence-electron chi connectivity index (χ3n) is 9.32. The smallest absolute Gasteiger partial charge is 0.00622 e. The van der Waals surface area contributed by atoms with Crippen LogP contribution >= 0.6 is 0 Å². The fourth-order valence-corrected chi connectivity index (χ4v) is 7.22. The summed E-state index contributed by atoms with van der Waals surface area (Å²) in [5, 5.41) is 7.95. The lowest BCUT2D eigenvalue weighted by Crippen LogP contribution is -2.28. The second kappa shape index (κ2) is 10.8. The number of hydrogen-bond acceptors (Lipinski definition) is 0. The molecule has 0 aromatic heterocycles. The molecule has 0 amide bonds. The first-order chi connectivity index (χ1) is 21.8. The maximum Gasteiger partial charge on any atom is 0.00622 e. The van der Waals surface area contributed by atoms with E-state index in [0.717, 1.165) is 6.42 Å². The SMILES string of the molecule is C1=c2ccc(-c3ccc4ccccc4c3)cc2=CCC1c1cccc(-c2ccc3c4c(cccc24)-c2ccccc2-3)c1.CC. The van der Waals surface area contributed by atoms with E-state index < -0.39 is 0 Å². The van der Waals surface area contributed by atoms with Crippen molar-refractivity contribution in [3.05, 3.63) is 156 Å². The first kappa shape index (κ1) is 26.4. The third-order valence-corrected chi connectivity index (χ3v) is 9.32. The minimum absolute atomic E-state index is 0.366. The van der Waals surface area contributed by atoms with Crippen molar-refractivity contribution in [1.82, 2.24) is 0 Å². The average Bonchev–Trinajstić information content (AvgIpc) is 3.43. The fourth-order valence-electron chi connectivity index (χ4n) is 7.22. The zero-order valence-corrected chi connectivity index (χ0v) is 25.2. The lowest BCUT2D eigenvalue weighted by molar-refractivity contribution is 0.921. The second-order valence-electron chi connectivity index (χ2n) is 11.7. The zero-order chi connectivity index (χ0) is 29.6. The summed E-state index contributed by atoms with van der Waals surface area (Å²) in [7, 11) is 0. The van der Waals surface area contributed by atoms with Crippen LogP contribution in [0.2, 0.25) is 0 Å². The van der Waals surface area contributed by atoms with E-state index in [9.17, 15) is 0 Å². The van der Waals surface area contributed by atoms with E-state index in [2.05, 4.69) is 152 Å². The normalized spacial score (nSPS) is 14.2. The van der Waals surface area contributed by atoms with Crippen molar-refractivity contribution in [3.8, 4) is 44.5 Å². The molecule has 0 bridgehead atoms. The van der Waals surface area contributed by atoms with Crippen molar-refractivity contribution in [1.29, 1.82) is 0 Å². The molecule has 0 saturated heterocycles. The molecule has 0 saturated carbocycles. The standard InChI is InChI=1S/C42H28.C2H6/c1-2-8-28-23-31(16-15-27(28)7-1)33-20-19-32-24-30(17-18-34(32)25-33)29-9-5-10-35(26-29)36-21-22-41-38-12-4-3-11-37(38)40-14-6-13-39(36)42(40)41;1-2/h1-16,18-26,30H,17H2;1-2H3. The van der Waals surface area contributed by atoms with Gasteiger partial charge in [0, 0.05) is 5.92 Å². The molecular formula is C44H34. The van der Waals surface area contributed by atoms with Crippen molar-refractivity contribution in [3.63, 3.8) is 0 Å². The van der Waals surface area contributed by atoms with Gasteiger partial charge >= 0.3 is 0 Å². The minimum atomic E-state index is 0.366. The van der Waals surface area contributed by atoms with Crippen LogP contribution in [0.15, 0.2) is 140 Å². The van der Waals surface area contributed by atoms with Gasteiger partial charge in [-0.05, 0) is 101 Å². The predicted octanol–water partition coefficient (Wildman–Crippen LogP) is 10.7. The van der Waals surface area contributed by atoms with Crippen LogP contribution in [0.1, 0.15) is 31.7 Å². The van der Waals surface area contributed by atoms with Crippen LogP contribution < -0.4 is 10.4 Å². The summed E-state index contributed by atoms with van der Waals surface area (Å²) in [4.78, 5) is 0. The molecule has 1 unspecified atom stereocenters. The van der Waals surface area contributed by atoms with Crippen LogP contribution in [0.4, 0.5) is 0 Å². The molecule has 0 N–H and O–H groups in total. The van der Waals surface area contributed by atoms with Gasteiger partial charge in [-0.25, -0.2) is 0 Å². The molecule has 1 atom stereocenters. The molecule has 2 aliphatic rings. The van der Waals surface area contributed by atoms with Crippen LogP contribution in [-0.4, -0.2) is 0 Å². The van der Waals surface area contributed by atoms with Gasteiger partial charge in [-0.15, -0.1) is 0 Å². The molecule has 0 nitrogen and oxygen atoms in total. The van der Waals surface area contributed by atoms with Gasteiger partial charge in [0.1, 0.15) is 0 Å². The molecule has 0 aliphatic heterocycles. The van der Waals surface area contributed by atoms with E-state index in [1.165, 1.54) is 82.1 Å². The molecule has 0 spiro atoms. The van der Waals surface area contributed by atoms with E-state index in [1.54, 1.807) is 0 Å². The molecule has 0 radical (unpaired) electrons. The van der Waals surface area contributed by atoms with Gasteiger partial charge in [-0.2, -0.15) is 0 Å². The highest BCUT2D eigenvalue weighted by Gasteiger charge is 2.22. The van der Waals surface area contributed by atoms with E-state index in [1.807, 2.05) is 13.8 Å². The third kappa shape index (κ3) is 4.29. The molecule has 7 aromatic carbocycles. The summed E-state index contributed by atoms with van der Waals surface area (Å²) < 4.78 is 0. The van der Waals surface area contributed by atoms with Gasteiger partial charge in [0.2, 0.25) is 0 Å². The fraction of sp³-hybridized carbons (Fsp3) is 0.0909. The van der Waals surface area contributed by atoms with Crippen molar-refractivity contribution >= 4 is 33.7 Å². The van der Waals surface area contributed by atoms with E-state index in [0.29, 0.717) is 5.92 Å². The Hall–Kier alpha value is -5.20. The Morgan fingerprint density at radius 2 is 1.14 bits per heavy atom. The van der Waals surface area contributed by atoms with Crippen LogP contribution in [0.25, 0.3) is 78.2 Å². The molecule has 7 aromatic rings. The van der Waals surface area contributed by atoms with E-state index in [-0.39, 0.29) is 0 Å². The Balaban J connectivity index is 0.00000142. The minimum Gasteiger partial charge on any atom is -0.0757 e. The summed E-state index contributed by atoms with van der Waals surface area (Å²) in [5.74, 6) is 0.366. The summed E-state index contributed by atoms with van der Waals surface area (Å²) in [6.45, 7) is 4.00. The Labute approximate surface area is 259 Å². The van der Waals surface area contributed by atoms with Crippen molar-refractivity contribution in [2.75, 3.05) is 0 Å². The highest BCUT2D eigenvalue weighted by atomic mass is 14.3. The van der Waals surface area contributed by atoms with Gasteiger partial charge < -0.3 is 0 Å². The van der Waals surface area contributed by atoms with Crippen molar-refractivity contribution in [2.45, 2.75) is 26.2 Å². The summed E-state index contributed by atoms with van der Waals surface area (Å²) >= 11 is 0. The van der Waals surface area contributed by atoms with Gasteiger partial charge in [-0.1, -0.05) is 153 Å². The zero-order valence-electron chi connectivity index (χ0n) is 25.2. The summed E-state index contributed by atoms with van der Waals surface area (Å²) in [6.07, 6.45) is 5.90. The Morgan fingerprint density at radius 3 is 2.00 bits per heavy atom. The quantitative estimate of drug-likeness (QED) is 0.201. The van der Waals surface area contributed by atoms with Gasteiger partial charge in [-0.3, -0.25) is 0 Å². The largest absolute Gasteiger partial charge is 0.0757 e. The maximum atomic E-state index is 2.46. The Bertz CT molecular complexity index is 2310. The molecule has 44 heavy (non-hydrogen) atoms. The average molecular weight is 563 g/mol. The molecule has 9 rings (SSSR count). The lowest BCUT2D eigenvalue weighted by atomic mass is 9.87. The van der Waals surface area contributed by atoms with Gasteiger partial charge in [0.15, 0.2) is 0 Å². The monoisotopic (exact) mass is 562 g/mol.